The van der Waals surface area contributed by atoms with Crippen molar-refractivity contribution in [2.45, 2.75) is 77.4 Å². The third kappa shape index (κ3) is 5.93. The average molecular weight is 491 g/mol. The quantitative estimate of drug-likeness (QED) is 0.424. The molecule has 8 heteroatoms. The number of aryl methyl sites for hydroxylation is 1. The summed E-state index contributed by atoms with van der Waals surface area (Å²) in [4.78, 5) is 51.5. The second-order valence-corrected chi connectivity index (χ2v) is 9.41. The Morgan fingerprint density at radius 3 is 2.42 bits per heavy atom. The zero-order chi connectivity index (χ0) is 25.5. The first kappa shape index (κ1) is 25.4. The van der Waals surface area contributed by atoms with Gasteiger partial charge in [-0.3, -0.25) is 23.5 Å². The molecule has 1 fully saturated rings. The highest BCUT2D eigenvalue weighted by Gasteiger charge is 2.18. The number of para-hydroxylation sites is 2. The number of rotatable bonds is 10. The monoisotopic (exact) mass is 490 g/mol. The number of anilines is 1. The second-order valence-electron chi connectivity index (χ2n) is 9.41. The third-order valence-electron chi connectivity index (χ3n) is 6.86. The minimum atomic E-state index is -0.520. The van der Waals surface area contributed by atoms with Crippen molar-refractivity contribution in [2.75, 3.05) is 5.32 Å². The predicted molar refractivity (Wildman–Crippen MR) is 141 cm³/mol. The summed E-state index contributed by atoms with van der Waals surface area (Å²) in [5.41, 5.74) is 1.25. The van der Waals surface area contributed by atoms with Crippen molar-refractivity contribution in [3.8, 4) is 0 Å². The Balaban J connectivity index is 1.49. The van der Waals surface area contributed by atoms with E-state index in [4.69, 9.17) is 0 Å². The van der Waals surface area contributed by atoms with Crippen LogP contribution in [0.1, 0.15) is 57.4 Å². The van der Waals surface area contributed by atoms with Crippen LogP contribution in [0.25, 0.3) is 10.9 Å². The van der Waals surface area contributed by atoms with Crippen LogP contribution in [-0.2, 0) is 29.1 Å². The standard InChI is InChI=1S/C28H34N4O4/c1-2-20-11-3-7-15-23(20)30-26(34)19-32-24-16-8-6-14-22(24)27(35)31(28(32)36)18-10-9-17-25(33)29-21-12-4-5-13-21/h3,6-8,11,14-16,21H,2,4-5,9-10,12-13,17-19H2,1H3,(H,29,33)(H,30,34). The molecular weight excluding hydrogens is 456 g/mol. The first-order chi connectivity index (χ1) is 17.5. The first-order valence-electron chi connectivity index (χ1n) is 12.9. The summed E-state index contributed by atoms with van der Waals surface area (Å²) in [6.45, 7) is 2.00. The number of aromatic nitrogens is 2. The molecule has 2 amide bonds. The summed E-state index contributed by atoms with van der Waals surface area (Å²) < 4.78 is 2.54. The lowest BCUT2D eigenvalue weighted by molar-refractivity contribution is -0.122. The Kier molecular flexibility index (Phi) is 8.36. The first-order valence-corrected chi connectivity index (χ1v) is 12.9. The molecule has 0 atom stereocenters. The van der Waals surface area contributed by atoms with E-state index in [9.17, 15) is 19.2 Å². The predicted octanol–water partition coefficient (Wildman–Crippen LogP) is 3.59. The van der Waals surface area contributed by atoms with Gasteiger partial charge in [-0.15, -0.1) is 0 Å². The Morgan fingerprint density at radius 1 is 0.917 bits per heavy atom. The SMILES string of the molecule is CCc1ccccc1NC(=O)Cn1c(=O)n(CCCCC(=O)NC2CCCC2)c(=O)c2ccccc21. The molecule has 4 rings (SSSR count). The largest absolute Gasteiger partial charge is 0.353 e. The number of amides is 2. The van der Waals surface area contributed by atoms with Gasteiger partial charge >= 0.3 is 5.69 Å². The van der Waals surface area contributed by atoms with Gasteiger partial charge in [0.15, 0.2) is 0 Å². The van der Waals surface area contributed by atoms with Gasteiger partial charge in [-0.05, 0) is 55.9 Å². The van der Waals surface area contributed by atoms with Gasteiger partial charge in [-0.2, -0.15) is 0 Å². The van der Waals surface area contributed by atoms with Crippen LogP contribution in [0.3, 0.4) is 0 Å². The molecule has 190 valence electrons. The Hall–Kier alpha value is -3.68. The van der Waals surface area contributed by atoms with Gasteiger partial charge in [0, 0.05) is 24.7 Å². The van der Waals surface area contributed by atoms with E-state index in [-0.39, 0.29) is 36.5 Å². The van der Waals surface area contributed by atoms with E-state index in [0.29, 0.717) is 35.9 Å². The van der Waals surface area contributed by atoms with Crippen molar-refractivity contribution in [3.63, 3.8) is 0 Å². The zero-order valence-corrected chi connectivity index (χ0v) is 20.8. The lowest BCUT2D eigenvalue weighted by Crippen LogP contribution is -2.41. The zero-order valence-electron chi connectivity index (χ0n) is 20.8. The van der Waals surface area contributed by atoms with Crippen LogP contribution in [0.5, 0.6) is 0 Å². The van der Waals surface area contributed by atoms with Crippen molar-refractivity contribution in [2.24, 2.45) is 0 Å². The van der Waals surface area contributed by atoms with E-state index in [2.05, 4.69) is 10.6 Å². The number of benzene rings is 2. The van der Waals surface area contributed by atoms with Crippen LogP contribution in [0.4, 0.5) is 5.69 Å². The fourth-order valence-corrected chi connectivity index (χ4v) is 4.93. The highest BCUT2D eigenvalue weighted by Crippen LogP contribution is 2.18. The minimum absolute atomic E-state index is 0.0224. The van der Waals surface area contributed by atoms with E-state index < -0.39 is 5.69 Å². The third-order valence-corrected chi connectivity index (χ3v) is 6.86. The smallest absolute Gasteiger partial charge is 0.331 e. The molecule has 2 aromatic carbocycles. The van der Waals surface area contributed by atoms with E-state index in [1.54, 1.807) is 24.3 Å². The number of nitrogens with zero attached hydrogens (tertiary/aromatic N) is 2. The molecule has 2 N–H and O–H groups in total. The number of nitrogens with one attached hydrogen (secondary N) is 2. The summed E-state index contributed by atoms with van der Waals surface area (Å²) in [6.07, 6.45) is 6.61. The lowest BCUT2D eigenvalue weighted by atomic mass is 10.1. The molecule has 8 nitrogen and oxygen atoms in total. The number of fused-ring (bicyclic) bond motifs is 1. The Labute approximate surface area is 210 Å². The summed E-state index contributed by atoms with van der Waals surface area (Å²) in [7, 11) is 0. The Morgan fingerprint density at radius 2 is 1.64 bits per heavy atom. The van der Waals surface area contributed by atoms with Crippen molar-refractivity contribution in [1.29, 1.82) is 0 Å². The van der Waals surface area contributed by atoms with E-state index >= 15 is 0 Å². The molecule has 1 aliphatic carbocycles. The molecular formula is C28H34N4O4. The average Bonchev–Trinajstić information content (AvgIpc) is 3.39. The molecule has 1 heterocycles. The molecule has 0 radical (unpaired) electrons. The molecule has 3 aromatic rings. The number of carbonyl (C=O) groups excluding carboxylic acids is 2. The van der Waals surface area contributed by atoms with Crippen LogP contribution in [0.15, 0.2) is 58.1 Å². The molecule has 1 aromatic heterocycles. The highest BCUT2D eigenvalue weighted by molar-refractivity contribution is 5.92. The molecule has 36 heavy (non-hydrogen) atoms. The Bertz CT molecular complexity index is 1350. The van der Waals surface area contributed by atoms with Crippen LogP contribution >= 0.6 is 0 Å². The van der Waals surface area contributed by atoms with Crippen molar-refractivity contribution in [3.05, 3.63) is 74.9 Å². The molecule has 0 aliphatic heterocycles. The highest BCUT2D eigenvalue weighted by atomic mass is 16.2. The van der Waals surface area contributed by atoms with Crippen molar-refractivity contribution in [1.82, 2.24) is 14.5 Å². The lowest BCUT2D eigenvalue weighted by Gasteiger charge is -2.15. The van der Waals surface area contributed by atoms with E-state index in [0.717, 1.165) is 37.7 Å². The van der Waals surface area contributed by atoms with Gasteiger partial charge in [-0.1, -0.05) is 50.1 Å². The number of hydrogen-bond acceptors (Lipinski definition) is 4. The molecule has 1 saturated carbocycles. The summed E-state index contributed by atoms with van der Waals surface area (Å²) in [6, 6.07) is 14.7. The summed E-state index contributed by atoms with van der Waals surface area (Å²) >= 11 is 0. The maximum absolute atomic E-state index is 13.3. The van der Waals surface area contributed by atoms with Crippen LogP contribution in [0.2, 0.25) is 0 Å². The van der Waals surface area contributed by atoms with E-state index in [1.807, 2.05) is 31.2 Å². The van der Waals surface area contributed by atoms with Crippen LogP contribution in [-0.4, -0.2) is 27.0 Å². The van der Waals surface area contributed by atoms with E-state index in [1.165, 1.54) is 9.13 Å². The normalized spacial score (nSPS) is 13.7. The summed E-state index contributed by atoms with van der Waals surface area (Å²) in [5, 5.41) is 6.35. The fourth-order valence-electron chi connectivity index (χ4n) is 4.93. The van der Waals surface area contributed by atoms with Crippen LogP contribution < -0.4 is 21.9 Å². The second kappa shape index (κ2) is 11.8. The van der Waals surface area contributed by atoms with Gasteiger partial charge in [-0.25, -0.2) is 4.79 Å². The fraction of sp³-hybridized carbons (Fsp3) is 0.429. The van der Waals surface area contributed by atoms with Gasteiger partial charge in [0.25, 0.3) is 5.56 Å². The number of hydrogen-bond donors (Lipinski definition) is 2. The van der Waals surface area contributed by atoms with Gasteiger partial charge in [0.2, 0.25) is 11.8 Å². The van der Waals surface area contributed by atoms with Gasteiger partial charge in [0.1, 0.15) is 6.54 Å². The number of carbonyl (C=O) groups is 2. The van der Waals surface area contributed by atoms with Gasteiger partial charge in [0.05, 0.1) is 10.9 Å². The summed E-state index contributed by atoms with van der Waals surface area (Å²) in [5.74, 6) is -0.314. The van der Waals surface area contributed by atoms with Gasteiger partial charge < -0.3 is 10.6 Å². The molecule has 0 spiro atoms. The minimum Gasteiger partial charge on any atom is -0.353 e. The molecule has 0 unspecified atom stereocenters. The maximum atomic E-state index is 13.3. The van der Waals surface area contributed by atoms with Crippen LogP contribution in [0, 0.1) is 0 Å². The van der Waals surface area contributed by atoms with Crippen molar-refractivity contribution >= 4 is 28.4 Å². The molecule has 1 aliphatic rings. The maximum Gasteiger partial charge on any atom is 0.331 e. The van der Waals surface area contributed by atoms with Crippen molar-refractivity contribution < 1.29 is 9.59 Å². The number of unbranched alkanes of at least 4 members (excludes halogenated alkanes) is 1. The molecule has 0 saturated heterocycles. The molecule has 0 bridgehead atoms. The topological polar surface area (TPSA) is 102 Å².